The molecule has 1 aromatic heterocycles. The number of carbonyl (C=O) groups is 1. The van der Waals surface area contributed by atoms with E-state index in [1.807, 2.05) is 48.5 Å². The number of benzene rings is 4. The highest BCUT2D eigenvalue weighted by Crippen LogP contribution is 2.39. The molecule has 158 valence electrons. The predicted molar refractivity (Wildman–Crippen MR) is 125 cm³/mol. The number of hydrogen-bond donors (Lipinski definition) is 0. The molecule has 6 heteroatoms. The molecule has 5 nitrogen and oxygen atoms in total. The fourth-order valence-corrected chi connectivity index (χ4v) is 5.65. The number of aromatic nitrogens is 1. The minimum absolute atomic E-state index is 0.193. The third kappa shape index (κ3) is 3.08. The number of methoxy groups -OCH3 is 1. The van der Waals surface area contributed by atoms with Crippen LogP contribution in [0.15, 0.2) is 102 Å². The molecule has 0 N–H and O–H groups in total. The first-order valence-corrected chi connectivity index (χ1v) is 11.5. The summed E-state index contributed by atoms with van der Waals surface area (Å²) in [7, 11) is -2.59. The van der Waals surface area contributed by atoms with Gasteiger partial charge in [0, 0.05) is 16.3 Å². The van der Waals surface area contributed by atoms with Gasteiger partial charge in [-0.1, -0.05) is 66.7 Å². The average molecular weight is 442 g/mol. The Kier molecular flexibility index (Phi) is 4.79. The lowest BCUT2D eigenvalue weighted by atomic mass is 9.99. The van der Waals surface area contributed by atoms with Gasteiger partial charge in [0.2, 0.25) is 0 Å². The lowest BCUT2D eigenvalue weighted by Crippen LogP contribution is -2.13. The van der Waals surface area contributed by atoms with Gasteiger partial charge in [-0.2, -0.15) is 0 Å². The van der Waals surface area contributed by atoms with Crippen LogP contribution in [-0.4, -0.2) is 25.5 Å². The third-order valence-electron chi connectivity index (χ3n) is 5.51. The van der Waals surface area contributed by atoms with Crippen LogP contribution in [0.1, 0.15) is 10.4 Å². The fourth-order valence-electron chi connectivity index (χ4n) is 4.08. The number of fused-ring (bicyclic) bond motifs is 3. The zero-order valence-corrected chi connectivity index (χ0v) is 18.0. The van der Waals surface area contributed by atoms with Crippen molar-refractivity contribution in [2.45, 2.75) is 4.90 Å². The van der Waals surface area contributed by atoms with E-state index in [2.05, 4.69) is 0 Å². The van der Waals surface area contributed by atoms with E-state index >= 15 is 0 Å². The number of para-hydroxylation sites is 1. The Morgan fingerprint density at radius 2 is 1.41 bits per heavy atom. The SMILES string of the molecule is COC(=O)c1cc(-c2ccccc2)c2c(c1)c1ccccc1n2S(=O)(=O)c1ccccc1. The van der Waals surface area contributed by atoms with Crippen molar-refractivity contribution in [3.05, 3.63) is 103 Å². The molecule has 0 fully saturated rings. The van der Waals surface area contributed by atoms with Crippen LogP contribution < -0.4 is 0 Å². The summed E-state index contributed by atoms with van der Waals surface area (Å²) in [6.45, 7) is 0. The van der Waals surface area contributed by atoms with Gasteiger partial charge in [0.25, 0.3) is 10.0 Å². The molecule has 0 atom stereocenters. The summed E-state index contributed by atoms with van der Waals surface area (Å²) < 4.78 is 34.1. The molecule has 32 heavy (non-hydrogen) atoms. The number of ether oxygens (including phenoxy) is 1. The second kappa shape index (κ2) is 7.66. The molecule has 0 aliphatic carbocycles. The highest BCUT2D eigenvalue weighted by Gasteiger charge is 2.26. The van der Waals surface area contributed by atoms with E-state index in [1.54, 1.807) is 48.5 Å². The molecule has 0 bridgehead atoms. The zero-order chi connectivity index (χ0) is 22.3. The summed E-state index contributed by atoms with van der Waals surface area (Å²) in [6.07, 6.45) is 0. The van der Waals surface area contributed by atoms with E-state index < -0.39 is 16.0 Å². The number of carbonyl (C=O) groups excluding carboxylic acids is 1. The van der Waals surface area contributed by atoms with Gasteiger partial charge in [-0.15, -0.1) is 0 Å². The summed E-state index contributed by atoms with van der Waals surface area (Å²) in [5.74, 6) is -0.480. The summed E-state index contributed by atoms with van der Waals surface area (Å²) in [6, 6.07) is 28.5. The first-order chi connectivity index (χ1) is 15.5. The Morgan fingerprint density at radius 1 is 0.781 bits per heavy atom. The van der Waals surface area contributed by atoms with Crippen molar-refractivity contribution >= 4 is 37.8 Å². The molecule has 5 aromatic rings. The average Bonchev–Trinajstić information content (AvgIpc) is 3.19. The van der Waals surface area contributed by atoms with Crippen LogP contribution in [0.5, 0.6) is 0 Å². The van der Waals surface area contributed by atoms with Crippen LogP contribution in [-0.2, 0) is 14.8 Å². The van der Waals surface area contributed by atoms with E-state index in [1.165, 1.54) is 11.1 Å². The van der Waals surface area contributed by atoms with Crippen molar-refractivity contribution in [3.63, 3.8) is 0 Å². The molecule has 0 unspecified atom stereocenters. The molecule has 0 radical (unpaired) electrons. The molecular formula is C26H19NO4S. The molecule has 0 saturated heterocycles. The van der Waals surface area contributed by atoms with Crippen LogP contribution >= 0.6 is 0 Å². The molecule has 0 saturated carbocycles. The van der Waals surface area contributed by atoms with Gasteiger partial charge in [0.1, 0.15) is 0 Å². The summed E-state index contributed by atoms with van der Waals surface area (Å²) in [5.41, 5.74) is 2.87. The van der Waals surface area contributed by atoms with Gasteiger partial charge in [0.15, 0.2) is 0 Å². The van der Waals surface area contributed by atoms with Crippen LogP contribution in [0.3, 0.4) is 0 Å². The first kappa shape index (κ1) is 20.0. The Bertz CT molecular complexity index is 1570. The van der Waals surface area contributed by atoms with Crippen LogP contribution in [0, 0.1) is 0 Å². The van der Waals surface area contributed by atoms with E-state index in [9.17, 15) is 13.2 Å². The van der Waals surface area contributed by atoms with Crippen molar-refractivity contribution in [1.29, 1.82) is 0 Å². The van der Waals surface area contributed by atoms with E-state index in [-0.39, 0.29) is 4.90 Å². The fraction of sp³-hybridized carbons (Fsp3) is 0.0385. The highest BCUT2D eigenvalue weighted by molar-refractivity contribution is 7.90. The van der Waals surface area contributed by atoms with Crippen molar-refractivity contribution in [1.82, 2.24) is 3.97 Å². The Hall–Kier alpha value is -3.90. The Morgan fingerprint density at radius 3 is 2.09 bits per heavy atom. The van der Waals surface area contributed by atoms with Crippen molar-refractivity contribution in [2.75, 3.05) is 7.11 Å². The summed E-state index contributed by atoms with van der Waals surface area (Å²) in [5, 5.41) is 1.41. The van der Waals surface area contributed by atoms with E-state index in [0.717, 1.165) is 10.9 Å². The predicted octanol–water partition coefficient (Wildman–Crippen LogP) is 5.49. The molecule has 0 aliphatic rings. The maximum atomic E-state index is 13.9. The minimum Gasteiger partial charge on any atom is -0.465 e. The summed E-state index contributed by atoms with van der Waals surface area (Å²) in [4.78, 5) is 12.6. The second-order valence-electron chi connectivity index (χ2n) is 7.38. The van der Waals surface area contributed by atoms with Crippen LogP contribution in [0.2, 0.25) is 0 Å². The topological polar surface area (TPSA) is 65.4 Å². The molecular weight excluding hydrogens is 422 g/mol. The van der Waals surface area contributed by atoms with Gasteiger partial charge >= 0.3 is 5.97 Å². The molecule has 0 spiro atoms. The van der Waals surface area contributed by atoms with Crippen molar-refractivity contribution < 1.29 is 17.9 Å². The number of esters is 1. The Balaban J connectivity index is 2.00. The van der Waals surface area contributed by atoms with Crippen LogP contribution in [0.4, 0.5) is 0 Å². The molecule has 4 aromatic carbocycles. The highest BCUT2D eigenvalue weighted by atomic mass is 32.2. The quantitative estimate of drug-likeness (QED) is 0.346. The monoisotopic (exact) mass is 441 g/mol. The first-order valence-electron chi connectivity index (χ1n) is 10.0. The van der Waals surface area contributed by atoms with Crippen LogP contribution in [0.25, 0.3) is 32.9 Å². The van der Waals surface area contributed by atoms with Gasteiger partial charge < -0.3 is 4.74 Å². The van der Waals surface area contributed by atoms with E-state index in [0.29, 0.717) is 27.5 Å². The molecule has 5 rings (SSSR count). The molecule has 0 aliphatic heterocycles. The van der Waals surface area contributed by atoms with Gasteiger partial charge in [0.05, 0.1) is 28.6 Å². The molecule has 1 heterocycles. The zero-order valence-electron chi connectivity index (χ0n) is 17.2. The smallest absolute Gasteiger partial charge is 0.337 e. The van der Waals surface area contributed by atoms with Crippen molar-refractivity contribution in [3.8, 4) is 11.1 Å². The number of hydrogen-bond acceptors (Lipinski definition) is 4. The standard InChI is InChI=1S/C26H19NO4S/c1-31-26(28)19-16-22(18-10-4-2-5-11-18)25-23(17-19)21-14-8-9-15-24(21)27(25)32(29,30)20-12-6-3-7-13-20/h2-17H,1H3. The maximum absolute atomic E-state index is 13.9. The van der Waals surface area contributed by atoms with Gasteiger partial charge in [-0.05, 0) is 35.9 Å². The largest absolute Gasteiger partial charge is 0.465 e. The molecule has 0 amide bonds. The van der Waals surface area contributed by atoms with Crippen molar-refractivity contribution in [2.24, 2.45) is 0 Å². The normalized spacial score (nSPS) is 11.7. The maximum Gasteiger partial charge on any atom is 0.337 e. The second-order valence-corrected chi connectivity index (χ2v) is 9.16. The minimum atomic E-state index is -3.92. The summed E-state index contributed by atoms with van der Waals surface area (Å²) >= 11 is 0. The lowest BCUT2D eigenvalue weighted by molar-refractivity contribution is 0.0601. The van der Waals surface area contributed by atoms with Gasteiger partial charge in [-0.3, -0.25) is 0 Å². The number of rotatable bonds is 4. The lowest BCUT2D eigenvalue weighted by Gasteiger charge is -2.13. The van der Waals surface area contributed by atoms with Gasteiger partial charge in [-0.25, -0.2) is 17.2 Å². The Labute approximate surface area is 185 Å². The third-order valence-corrected chi connectivity index (χ3v) is 7.24. The van der Waals surface area contributed by atoms with E-state index in [4.69, 9.17) is 4.74 Å². The number of nitrogens with zero attached hydrogens (tertiary/aromatic N) is 1.